The van der Waals surface area contributed by atoms with E-state index in [0.717, 1.165) is 28.0 Å². The molecule has 0 saturated carbocycles. The summed E-state index contributed by atoms with van der Waals surface area (Å²) in [6.07, 6.45) is -3.71. The molecule has 0 aliphatic carbocycles. The van der Waals surface area contributed by atoms with Crippen LogP contribution >= 0.6 is 11.3 Å². The molecule has 2 heterocycles. The fraction of sp³-hybridized carbons (Fsp3) is 0.500. The van der Waals surface area contributed by atoms with Crippen molar-refractivity contribution in [3.8, 4) is 5.88 Å². The van der Waals surface area contributed by atoms with Gasteiger partial charge in [-0.1, -0.05) is 6.92 Å². The van der Waals surface area contributed by atoms with E-state index >= 15 is 0 Å². The van der Waals surface area contributed by atoms with Gasteiger partial charge in [-0.15, -0.1) is 11.3 Å². The Bertz CT molecular complexity index is 621. The van der Waals surface area contributed by atoms with Crippen molar-refractivity contribution in [1.82, 2.24) is 14.8 Å². The van der Waals surface area contributed by atoms with Crippen LogP contribution in [0, 0.1) is 0 Å². The van der Waals surface area contributed by atoms with Gasteiger partial charge >= 0.3 is 6.18 Å². The molecule has 0 amide bonds. The summed E-state index contributed by atoms with van der Waals surface area (Å²) in [6.45, 7) is 2.27. The maximum atomic E-state index is 12.5. The third-order valence-electron chi connectivity index (χ3n) is 2.91. The Morgan fingerprint density at radius 1 is 1.43 bits per heavy atom. The molecular weight excluding hydrogens is 305 g/mol. The number of hydrogen-bond donors (Lipinski definition) is 1. The molecule has 0 aliphatic rings. The van der Waals surface area contributed by atoms with Crippen molar-refractivity contribution in [3.05, 3.63) is 22.3 Å². The average Bonchev–Trinajstić information content (AvgIpc) is 2.99. The van der Waals surface area contributed by atoms with Crippen LogP contribution < -0.4 is 10.1 Å². The predicted molar refractivity (Wildman–Crippen MR) is 73.6 cm³/mol. The number of nitrogens with one attached hydrogen (secondary N) is 1. The van der Waals surface area contributed by atoms with Gasteiger partial charge in [0.25, 0.3) is 0 Å². The molecule has 2 rings (SSSR count). The third-order valence-corrected chi connectivity index (χ3v) is 3.71. The fourth-order valence-electron chi connectivity index (χ4n) is 1.97. The number of aromatic nitrogens is 3. The summed E-state index contributed by atoms with van der Waals surface area (Å²) in [4.78, 5) is 3.53. The first-order valence-corrected chi connectivity index (χ1v) is 7.10. The SMILES string of the molecule is CCc1nn(C)c(OC)c1CNc1nc(C(F)(F)F)cs1. The van der Waals surface area contributed by atoms with Crippen molar-refractivity contribution >= 4 is 16.5 Å². The van der Waals surface area contributed by atoms with E-state index in [9.17, 15) is 13.2 Å². The van der Waals surface area contributed by atoms with Crippen molar-refractivity contribution < 1.29 is 17.9 Å². The number of halogens is 3. The number of alkyl halides is 3. The molecule has 2 aromatic rings. The largest absolute Gasteiger partial charge is 0.481 e. The number of thiazole rings is 1. The highest BCUT2D eigenvalue weighted by Crippen LogP contribution is 2.32. The third kappa shape index (κ3) is 3.29. The van der Waals surface area contributed by atoms with Crippen molar-refractivity contribution in [1.29, 1.82) is 0 Å². The minimum absolute atomic E-state index is 0.218. The van der Waals surface area contributed by atoms with Gasteiger partial charge in [0.2, 0.25) is 5.88 Å². The number of anilines is 1. The number of hydrogen-bond acceptors (Lipinski definition) is 5. The molecular formula is C12H15F3N4OS. The monoisotopic (exact) mass is 320 g/mol. The summed E-state index contributed by atoms with van der Waals surface area (Å²) in [5, 5.41) is 8.41. The molecule has 2 aromatic heterocycles. The van der Waals surface area contributed by atoms with Gasteiger partial charge in [0, 0.05) is 19.0 Å². The van der Waals surface area contributed by atoms with Crippen molar-refractivity contribution in [3.63, 3.8) is 0 Å². The Kier molecular flexibility index (Phi) is 4.40. The Hall–Kier alpha value is -1.77. The van der Waals surface area contributed by atoms with E-state index in [-0.39, 0.29) is 5.13 Å². The van der Waals surface area contributed by atoms with Gasteiger partial charge in [-0.3, -0.25) is 0 Å². The summed E-state index contributed by atoms with van der Waals surface area (Å²) >= 11 is 0.919. The molecule has 0 spiro atoms. The first-order chi connectivity index (χ1) is 9.86. The smallest absolute Gasteiger partial charge is 0.434 e. The lowest BCUT2D eigenvalue weighted by molar-refractivity contribution is -0.140. The Morgan fingerprint density at radius 2 is 2.14 bits per heavy atom. The molecule has 21 heavy (non-hydrogen) atoms. The lowest BCUT2D eigenvalue weighted by Crippen LogP contribution is -2.07. The van der Waals surface area contributed by atoms with Gasteiger partial charge in [0.15, 0.2) is 10.8 Å². The van der Waals surface area contributed by atoms with Crippen LogP contribution in [0.15, 0.2) is 5.38 Å². The van der Waals surface area contributed by atoms with Gasteiger partial charge in [-0.05, 0) is 6.42 Å². The highest BCUT2D eigenvalue weighted by atomic mass is 32.1. The lowest BCUT2D eigenvalue weighted by atomic mass is 10.2. The maximum absolute atomic E-state index is 12.5. The van der Waals surface area contributed by atoms with Crippen LogP contribution in [0.2, 0.25) is 0 Å². The second-order valence-electron chi connectivity index (χ2n) is 4.30. The topological polar surface area (TPSA) is 52.0 Å². The Labute approximate surface area is 123 Å². The van der Waals surface area contributed by atoms with Crippen molar-refractivity contribution in [2.45, 2.75) is 26.1 Å². The molecule has 9 heteroatoms. The van der Waals surface area contributed by atoms with Crippen LogP contribution in [0.5, 0.6) is 5.88 Å². The first kappa shape index (κ1) is 15.6. The molecule has 5 nitrogen and oxygen atoms in total. The quantitative estimate of drug-likeness (QED) is 0.920. The lowest BCUT2D eigenvalue weighted by Gasteiger charge is -2.06. The molecule has 0 fully saturated rings. The molecule has 0 bridgehead atoms. The molecule has 1 N–H and O–H groups in total. The van der Waals surface area contributed by atoms with E-state index in [2.05, 4.69) is 15.4 Å². The number of methoxy groups -OCH3 is 1. The average molecular weight is 320 g/mol. The van der Waals surface area contributed by atoms with Crippen LogP contribution in [0.25, 0.3) is 0 Å². The molecule has 0 atom stereocenters. The highest BCUT2D eigenvalue weighted by Gasteiger charge is 2.33. The van der Waals surface area contributed by atoms with Crippen LogP contribution in [0.3, 0.4) is 0 Å². The normalized spacial score (nSPS) is 11.7. The molecule has 116 valence electrons. The van der Waals surface area contributed by atoms with Crippen LogP contribution in [0.4, 0.5) is 18.3 Å². The van der Waals surface area contributed by atoms with Crippen molar-refractivity contribution in [2.24, 2.45) is 7.05 Å². The Balaban J connectivity index is 2.15. The maximum Gasteiger partial charge on any atom is 0.434 e. The molecule has 0 radical (unpaired) electrons. The number of aryl methyl sites for hydroxylation is 2. The summed E-state index contributed by atoms with van der Waals surface area (Å²) in [6, 6.07) is 0. The minimum atomic E-state index is -4.42. The number of nitrogens with zero attached hydrogens (tertiary/aromatic N) is 3. The zero-order valence-corrected chi connectivity index (χ0v) is 12.6. The summed E-state index contributed by atoms with van der Waals surface area (Å²) in [5.41, 5.74) is 0.782. The Morgan fingerprint density at radius 3 is 2.67 bits per heavy atom. The molecule has 0 saturated heterocycles. The zero-order valence-electron chi connectivity index (χ0n) is 11.8. The number of rotatable bonds is 5. The van der Waals surface area contributed by atoms with E-state index in [1.54, 1.807) is 11.7 Å². The fourth-order valence-corrected chi connectivity index (χ4v) is 2.69. The second kappa shape index (κ2) is 5.92. The minimum Gasteiger partial charge on any atom is -0.481 e. The zero-order chi connectivity index (χ0) is 15.6. The van der Waals surface area contributed by atoms with Gasteiger partial charge in [-0.2, -0.15) is 18.3 Å². The van der Waals surface area contributed by atoms with E-state index in [4.69, 9.17) is 4.74 Å². The second-order valence-corrected chi connectivity index (χ2v) is 5.16. The van der Waals surface area contributed by atoms with Crippen LogP contribution in [-0.4, -0.2) is 21.9 Å². The van der Waals surface area contributed by atoms with E-state index in [1.165, 1.54) is 7.11 Å². The first-order valence-electron chi connectivity index (χ1n) is 6.22. The molecule has 0 unspecified atom stereocenters. The summed E-state index contributed by atoms with van der Waals surface area (Å²) in [5.74, 6) is 0.590. The van der Waals surface area contributed by atoms with Crippen LogP contribution in [-0.2, 0) is 26.2 Å². The van der Waals surface area contributed by atoms with Gasteiger partial charge in [0.05, 0.1) is 18.4 Å². The number of ether oxygens (including phenoxy) is 1. The summed E-state index contributed by atoms with van der Waals surface area (Å²) in [7, 11) is 3.29. The van der Waals surface area contributed by atoms with Gasteiger partial charge in [-0.25, -0.2) is 9.67 Å². The van der Waals surface area contributed by atoms with E-state index < -0.39 is 11.9 Å². The molecule has 0 aliphatic heterocycles. The summed E-state index contributed by atoms with van der Waals surface area (Å²) < 4.78 is 44.3. The van der Waals surface area contributed by atoms with Gasteiger partial charge < -0.3 is 10.1 Å². The highest BCUT2D eigenvalue weighted by molar-refractivity contribution is 7.13. The van der Waals surface area contributed by atoms with E-state index in [1.807, 2.05) is 6.92 Å². The van der Waals surface area contributed by atoms with E-state index in [0.29, 0.717) is 18.8 Å². The standard InChI is InChI=1S/C12H15F3N4OS/c1-4-8-7(10(20-3)19(2)18-8)5-16-11-17-9(6-21-11)12(13,14)15/h6H,4-5H2,1-3H3,(H,16,17). The predicted octanol–water partition coefficient (Wildman–Crippen LogP) is 3.08. The van der Waals surface area contributed by atoms with Crippen LogP contribution in [0.1, 0.15) is 23.9 Å². The molecule has 0 aromatic carbocycles. The van der Waals surface area contributed by atoms with Crippen molar-refractivity contribution in [2.75, 3.05) is 12.4 Å². The van der Waals surface area contributed by atoms with Gasteiger partial charge in [0.1, 0.15) is 0 Å².